The van der Waals surface area contributed by atoms with Crippen molar-refractivity contribution in [2.75, 3.05) is 19.8 Å². The predicted octanol–water partition coefficient (Wildman–Crippen LogP) is 5.31. The Bertz CT molecular complexity index is 1110. The SMILES string of the molecule is CCOCCCN1C(=O)NC(c2ccccc2)C(c2nc(-c3cccc(Cl)c3)no2)=C1C. The van der Waals surface area contributed by atoms with E-state index < -0.39 is 6.04 Å². The van der Waals surface area contributed by atoms with Gasteiger partial charge >= 0.3 is 6.03 Å². The minimum Gasteiger partial charge on any atom is -0.382 e. The third-order valence-corrected chi connectivity index (χ3v) is 5.58. The van der Waals surface area contributed by atoms with Gasteiger partial charge in [0.15, 0.2) is 0 Å². The molecule has 1 atom stereocenters. The number of nitrogens with zero attached hydrogens (tertiary/aromatic N) is 3. The van der Waals surface area contributed by atoms with Gasteiger partial charge < -0.3 is 14.6 Å². The molecule has 1 aliphatic heterocycles. The number of allylic oxidation sites excluding steroid dienone is 1. The van der Waals surface area contributed by atoms with Gasteiger partial charge in [0, 0.05) is 36.0 Å². The Hall–Kier alpha value is -3.16. The van der Waals surface area contributed by atoms with Gasteiger partial charge in [0.05, 0.1) is 11.6 Å². The predicted molar refractivity (Wildman–Crippen MR) is 123 cm³/mol. The summed E-state index contributed by atoms with van der Waals surface area (Å²) in [6.45, 7) is 5.63. The van der Waals surface area contributed by atoms with E-state index >= 15 is 0 Å². The molecule has 8 heteroatoms. The summed E-state index contributed by atoms with van der Waals surface area (Å²) in [5.74, 6) is 0.801. The normalized spacial score (nSPS) is 16.4. The second-order valence-electron chi connectivity index (χ2n) is 7.43. The molecule has 166 valence electrons. The van der Waals surface area contributed by atoms with E-state index in [4.69, 9.17) is 20.9 Å². The van der Waals surface area contributed by atoms with E-state index in [1.807, 2.05) is 56.3 Å². The van der Waals surface area contributed by atoms with Crippen LogP contribution < -0.4 is 5.32 Å². The molecule has 3 aromatic rings. The van der Waals surface area contributed by atoms with Crippen molar-refractivity contribution in [1.82, 2.24) is 20.4 Å². The largest absolute Gasteiger partial charge is 0.382 e. The zero-order valence-electron chi connectivity index (χ0n) is 18.0. The first-order valence-corrected chi connectivity index (χ1v) is 11.0. The van der Waals surface area contributed by atoms with Gasteiger partial charge in [0.2, 0.25) is 5.82 Å². The van der Waals surface area contributed by atoms with E-state index in [0.717, 1.165) is 28.8 Å². The minimum atomic E-state index is -0.403. The molecule has 0 saturated heterocycles. The molecule has 1 unspecified atom stereocenters. The molecule has 0 aliphatic carbocycles. The second kappa shape index (κ2) is 9.97. The Morgan fingerprint density at radius 3 is 2.75 bits per heavy atom. The number of halogens is 1. The van der Waals surface area contributed by atoms with Crippen molar-refractivity contribution < 1.29 is 14.1 Å². The van der Waals surface area contributed by atoms with Gasteiger partial charge in [-0.25, -0.2) is 4.79 Å². The van der Waals surface area contributed by atoms with Crippen LogP contribution in [0.25, 0.3) is 17.0 Å². The smallest absolute Gasteiger partial charge is 0.322 e. The monoisotopic (exact) mass is 452 g/mol. The first kappa shape index (κ1) is 22.0. The minimum absolute atomic E-state index is 0.161. The van der Waals surface area contributed by atoms with Crippen LogP contribution in [0.5, 0.6) is 0 Å². The van der Waals surface area contributed by atoms with E-state index in [1.165, 1.54) is 0 Å². The molecule has 4 rings (SSSR count). The molecule has 1 N–H and O–H groups in total. The summed E-state index contributed by atoms with van der Waals surface area (Å²) < 4.78 is 11.1. The molecule has 2 aromatic carbocycles. The lowest BCUT2D eigenvalue weighted by atomic mass is 9.94. The lowest BCUT2D eigenvalue weighted by Gasteiger charge is -2.35. The summed E-state index contributed by atoms with van der Waals surface area (Å²) in [5.41, 5.74) is 3.25. The van der Waals surface area contributed by atoms with Gasteiger partial charge in [-0.3, -0.25) is 4.90 Å². The molecule has 2 heterocycles. The standard InChI is InChI=1S/C24H25ClN4O3/c1-3-31-14-8-13-29-16(2)20(21(26-24(29)30)17-9-5-4-6-10-17)23-27-22(28-32-23)18-11-7-12-19(25)15-18/h4-7,9-12,15,21H,3,8,13-14H2,1-2H3,(H,26,30). The molecule has 1 aliphatic rings. The fourth-order valence-corrected chi connectivity index (χ4v) is 3.96. The molecule has 0 spiro atoms. The van der Waals surface area contributed by atoms with Crippen LogP contribution in [0.15, 0.2) is 64.8 Å². The zero-order valence-corrected chi connectivity index (χ0v) is 18.8. The number of hydrogen-bond acceptors (Lipinski definition) is 5. The maximum atomic E-state index is 13.0. The van der Waals surface area contributed by atoms with Crippen LogP contribution in [0.2, 0.25) is 5.02 Å². The topological polar surface area (TPSA) is 80.5 Å². The van der Waals surface area contributed by atoms with E-state index in [0.29, 0.717) is 36.5 Å². The Morgan fingerprint density at radius 2 is 2.00 bits per heavy atom. The summed E-state index contributed by atoms with van der Waals surface area (Å²) >= 11 is 6.12. The van der Waals surface area contributed by atoms with Crippen LogP contribution >= 0.6 is 11.6 Å². The number of carbonyl (C=O) groups excluding carboxylic acids is 1. The first-order chi connectivity index (χ1) is 15.6. The second-order valence-corrected chi connectivity index (χ2v) is 7.86. The number of rotatable bonds is 8. The molecule has 0 radical (unpaired) electrons. The fourth-order valence-electron chi connectivity index (χ4n) is 3.77. The molecule has 7 nitrogen and oxygen atoms in total. The Kier molecular flexibility index (Phi) is 6.87. The highest BCUT2D eigenvalue weighted by Gasteiger charge is 2.35. The highest BCUT2D eigenvalue weighted by molar-refractivity contribution is 6.30. The van der Waals surface area contributed by atoms with Crippen LogP contribution in [0.1, 0.15) is 37.8 Å². The van der Waals surface area contributed by atoms with Gasteiger partial charge in [-0.05, 0) is 38.0 Å². The lowest BCUT2D eigenvalue weighted by Crippen LogP contribution is -2.46. The Balaban J connectivity index is 1.73. The number of aromatic nitrogens is 2. The highest BCUT2D eigenvalue weighted by atomic mass is 35.5. The van der Waals surface area contributed by atoms with Crippen molar-refractivity contribution in [2.24, 2.45) is 0 Å². The lowest BCUT2D eigenvalue weighted by molar-refractivity contribution is 0.136. The molecule has 0 fully saturated rings. The van der Waals surface area contributed by atoms with E-state index in [2.05, 4.69) is 15.5 Å². The molecule has 32 heavy (non-hydrogen) atoms. The summed E-state index contributed by atoms with van der Waals surface area (Å²) in [7, 11) is 0. The molecule has 1 aromatic heterocycles. The fraction of sp³-hybridized carbons (Fsp3) is 0.292. The number of hydrogen-bond donors (Lipinski definition) is 1. The number of amides is 2. The Labute approximate surface area is 192 Å². The van der Waals surface area contributed by atoms with Crippen molar-refractivity contribution in [3.05, 3.63) is 76.8 Å². The van der Waals surface area contributed by atoms with Crippen molar-refractivity contribution in [1.29, 1.82) is 0 Å². The number of urea groups is 1. The van der Waals surface area contributed by atoms with E-state index in [9.17, 15) is 4.79 Å². The average molecular weight is 453 g/mol. The summed E-state index contributed by atoms with van der Waals surface area (Å²) in [4.78, 5) is 19.3. The van der Waals surface area contributed by atoms with E-state index in [1.54, 1.807) is 17.0 Å². The quantitative estimate of drug-likeness (QED) is 0.468. The van der Waals surface area contributed by atoms with Crippen LogP contribution in [-0.2, 0) is 4.74 Å². The number of benzene rings is 2. The molecular formula is C24H25ClN4O3. The van der Waals surface area contributed by atoms with E-state index in [-0.39, 0.29) is 6.03 Å². The van der Waals surface area contributed by atoms with Gasteiger partial charge in [0.1, 0.15) is 0 Å². The van der Waals surface area contributed by atoms with Crippen LogP contribution in [0.4, 0.5) is 4.79 Å². The molecule has 2 amide bonds. The third-order valence-electron chi connectivity index (χ3n) is 5.34. The van der Waals surface area contributed by atoms with Crippen molar-refractivity contribution >= 4 is 23.2 Å². The van der Waals surface area contributed by atoms with Crippen molar-refractivity contribution in [3.63, 3.8) is 0 Å². The molecule has 0 bridgehead atoms. The molecular weight excluding hydrogens is 428 g/mol. The van der Waals surface area contributed by atoms with Gasteiger partial charge in [0.25, 0.3) is 5.89 Å². The van der Waals surface area contributed by atoms with Gasteiger partial charge in [-0.2, -0.15) is 4.98 Å². The average Bonchev–Trinajstić information content (AvgIpc) is 3.28. The van der Waals surface area contributed by atoms with Crippen LogP contribution in [-0.4, -0.2) is 40.8 Å². The number of ether oxygens (including phenoxy) is 1. The zero-order chi connectivity index (χ0) is 22.5. The van der Waals surface area contributed by atoms with Gasteiger partial charge in [-0.1, -0.05) is 59.2 Å². The third kappa shape index (κ3) is 4.69. The summed E-state index contributed by atoms with van der Waals surface area (Å²) in [6.07, 6.45) is 0.722. The van der Waals surface area contributed by atoms with Crippen molar-refractivity contribution in [2.45, 2.75) is 26.3 Å². The number of nitrogens with one attached hydrogen (secondary N) is 1. The van der Waals surface area contributed by atoms with Crippen molar-refractivity contribution in [3.8, 4) is 11.4 Å². The Morgan fingerprint density at radius 1 is 1.19 bits per heavy atom. The molecule has 0 saturated carbocycles. The summed E-state index contributed by atoms with van der Waals surface area (Å²) in [5, 5.41) is 7.86. The van der Waals surface area contributed by atoms with Crippen LogP contribution in [0.3, 0.4) is 0 Å². The number of carbonyl (C=O) groups is 1. The highest BCUT2D eigenvalue weighted by Crippen LogP contribution is 2.37. The maximum absolute atomic E-state index is 13.0. The van der Waals surface area contributed by atoms with Crippen LogP contribution in [0, 0.1) is 0 Å². The first-order valence-electron chi connectivity index (χ1n) is 10.6. The maximum Gasteiger partial charge on any atom is 0.322 e. The summed E-state index contributed by atoms with van der Waals surface area (Å²) in [6, 6.07) is 16.5. The van der Waals surface area contributed by atoms with Gasteiger partial charge in [-0.15, -0.1) is 0 Å².